The lowest BCUT2D eigenvalue weighted by Gasteiger charge is -2.06. The molecular formula is C20H19FN4S. The Hall–Kier alpha value is -2.73. The Morgan fingerprint density at radius 2 is 1.81 bits per heavy atom. The lowest BCUT2D eigenvalue weighted by Crippen LogP contribution is -2.00. The van der Waals surface area contributed by atoms with Crippen LogP contribution >= 0.6 is 11.3 Å². The minimum atomic E-state index is -0.227. The zero-order chi connectivity index (χ0) is 18.1. The second-order valence-corrected chi connectivity index (χ2v) is 7.46. The number of anilines is 1. The number of halogens is 1. The van der Waals surface area contributed by atoms with Crippen molar-refractivity contribution in [2.75, 3.05) is 5.32 Å². The van der Waals surface area contributed by atoms with Gasteiger partial charge in [-0.2, -0.15) is 0 Å². The van der Waals surface area contributed by atoms with Crippen molar-refractivity contribution in [3.63, 3.8) is 0 Å². The molecule has 0 radical (unpaired) electrons. The molecule has 0 aliphatic heterocycles. The van der Waals surface area contributed by atoms with Crippen LogP contribution in [0, 0.1) is 5.82 Å². The quantitative estimate of drug-likeness (QED) is 0.519. The fourth-order valence-corrected chi connectivity index (χ4v) is 3.55. The van der Waals surface area contributed by atoms with Crippen LogP contribution in [0.15, 0.2) is 54.7 Å². The second-order valence-electron chi connectivity index (χ2n) is 6.50. The Morgan fingerprint density at radius 3 is 2.50 bits per heavy atom. The third kappa shape index (κ3) is 3.32. The van der Waals surface area contributed by atoms with Crippen LogP contribution in [-0.4, -0.2) is 14.6 Å². The van der Waals surface area contributed by atoms with E-state index in [9.17, 15) is 4.39 Å². The fourth-order valence-electron chi connectivity index (χ4n) is 2.78. The van der Waals surface area contributed by atoms with Crippen LogP contribution < -0.4 is 5.32 Å². The average molecular weight is 366 g/mol. The molecular weight excluding hydrogens is 347 g/mol. The molecule has 4 aromatic rings. The minimum absolute atomic E-state index is 0.227. The van der Waals surface area contributed by atoms with E-state index in [0.717, 1.165) is 26.9 Å². The molecule has 132 valence electrons. The summed E-state index contributed by atoms with van der Waals surface area (Å²) in [4.78, 5) is 5.31. The second kappa shape index (κ2) is 6.88. The van der Waals surface area contributed by atoms with Crippen molar-refractivity contribution in [1.29, 1.82) is 0 Å². The maximum Gasteiger partial charge on any atom is 0.214 e. The third-order valence-electron chi connectivity index (χ3n) is 4.32. The van der Waals surface area contributed by atoms with Crippen molar-refractivity contribution in [3.05, 3.63) is 71.7 Å². The highest BCUT2D eigenvalue weighted by molar-refractivity contribution is 7.20. The smallest absolute Gasteiger partial charge is 0.214 e. The predicted molar refractivity (Wildman–Crippen MR) is 104 cm³/mol. The lowest BCUT2D eigenvalue weighted by atomic mass is 10.0. The largest absolute Gasteiger partial charge is 0.356 e. The van der Waals surface area contributed by atoms with Gasteiger partial charge in [0.1, 0.15) is 5.82 Å². The standard InChI is InChI=1S/C20H19FN4S/c1-13(2)15-5-7-16(8-6-15)18-12-23-20-25(18)24-19(26-20)22-11-14-3-9-17(21)10-4-14/h3-10,12-13H,11H2,1-2H3,(H,22,24). The molecule has 2 aromatic heterocycles. The number of hydrogen-bond donors (Lipinski definition) is 1. The summed E-state index contributed by atoms with van der Waals surface area (Å²) in [6.07, 6.45) is 1.85. The molecule has 0 fully saturated rings. The first-order chi connectivity index (χ1) is 12.6. The number of imidazole rings is 1. The summed E-state index contributed by atoms with van der Waals surface area (Å²) in [6.45, 7) is 4.96. The van der Waals surface area contributed by atoms with Crippen LogP contribution in [0.3, 0.4) is 0 Å². The summed E-state index contributed by atoms with van der Waals surface area (Å²) in [7, 11) is 0. The van der Waals surface area contributed by atoms with E-state index in [2.05, 4.69) is 53.5 Å². The molecule has 0 amide bonds. The number of hydrogen-bond acceptors (Lipinski definition) is 4. The third-order valence-corrected chi connectivity index (χ3v) is 5.20. The molecule has 4 rings (SSSR count). The predicted octanol–water partition coefficient (Wildman–Crippen LogP) is 5.33. The van der Waals surface area contributed by atoms with Crippen LogP contribution in [-0.2, 0) is 6.54 Å². The summed E-state index contributed by atoms with van der Waals surface area (Å²) in [5.74, 6) is 0.283. The zero-order valence-corrected chi connectivity index (χ0v) is 15.4. The molecule has 1 N–H and O–H groups in total. The van der Waals surface area contributed by atoms with Crippen LogP contribution in [0.5, 0.6) is 0 Å². The Bertz CT molecular complexity index is 1020. The summed E-state index contributed by atoms with van der Waals surface area (Å²) in [6, 6.07) is 15.0. The molecule has 26 heavy (non-hydrogen) atoms. The molecule has 0 saturated heterocycles. The number of nitrogens with zero attached hydrogens (tertiary/aromatic N) is 3. The van der Waals surface area contributed by atoms with Crippen LogP contribution in [0.25, 0.3) is 16.2 Å². The maximum atomic E-state index is 13.0. The van der Waals surface area contributed by atoms with E-state index in [1.165, 1.54) is 29.0 Å². The van der Waals surface area contributed by atoms with Gasteiger partial charge in [-0.1, -0.05) is 61.6 Å². The van der Waals surface area contributed by atoms with Gasteiger partial charge in [0.2, 0.25) is 10.1 Å². The highest BCUT2D eigenvalue weighted by Crippen LogP contribution is 2.27. The molecule has 0 unspecified atom stereocenters. The van der Waals surface area contributed by atoms with Crippen molar-refractivity contribution in [1.82, 2.24) is 14.6 Å². The normalized spacial score (nSPS) is 11.4. The van der Waals surface area contributed by atoms with E-state index in [1.54, 1.807) is 12.1 Å². The number of benzene rings is 2. The van der Waals surface area contributed by atoms with Gasteiger partial charge in [0.05, 0.1) is 11.9 Å². The number of rotatable bonds is 5. The fraction of sp³-hybridized carbons (Fsp3) is 0.200. The molecule has 4 nitrogen and oxygen atoms in total. The first-order valence-corrected chi connectivity index (χ1v) is 9.35. The Balaban J connectivity index is 1.55. The van der Waals surface area contributed by atoms with Crippen LogP contribution in [0.2, 0.25) is 0 Å². The Morgan fingerprint density at radius 1 is 1.08 bits per heavy atom. The molecule has 6 heteroatoms. The van der Waals surface area contributed by atoms with E-state index in [0.29, 0.717) is 12.5 Å². The molecule has 0 aliphatic carbocycles. The monoisotopic (exact) mass is 366 g/mol. The van der Waals surface area contributed by atoms with Gasteiger partial charge in [-0.05, 0) is 29.2 Å². The van der Waals surface area contributed by atoms with Gasteiger partial charge in [0.25, 0.3) is 0 Å². The Labute approximate surface area is 155 Å². The van der Waals surface area contributed by atoms with Crippen molar-refractivity contribution < 1.29 is 4.39 Å². The molecule has 2 aromatic carbocycles. The molecule has 0 aliphatic rings. The van der Waals surface area contributed by atoms with Crippen molar-refractivity contribution >= 4 is 21.4 Å². The van der Waals surface area contributed by atoms with Gasteiger partial charge in [-0.25, -0.2) is 13.9 Å². The molecule has 0 spiro atoms. The average Bonchev–Trinajstić information content (AvgIpc) is 3.21. The van der Waals surface area contributed by atoms with Gasteiger partial charge >= 0.3 is 0 Å². The molecule has 0 atom stereocenters. The van der Waals surface area contributed by atoms with E-state index in [4.69, 9.17) is 0 Å². The minimum Gasteiger partial charge on any atom is -0.356 e. The summed E-state index contributed by atoms with van der Waals surface area (Å²) in [5, 5.41) is 8.70. The van der Waals surface area contributed by atoms with E-state index in [-0.39, 0.29) is 5.82 Å². The summed E-state index contributed by atoms with van der Waals surface area (Å²) in [5.41, 5.74) is 4.39. The van der Waals surface area contributed by atoms with Crippen molar-refractivity contribution in [3.8, 4) is 11.3 Å². The highest BCUT2D eigenvalue weighted by Gasteiger charge is 2.12. The van der Waals surface area contributed by atoms with Gasteiger partial charge in [0.15, 0.2) is 0 Å². The van der Waals surface area contributed by atoms with Crippen molar-refractivity contribution in [2.45, 2.75) is 26.3 Å². The lowest BCUT2D eigenvalue weighted by molar-refractivity contribution is 0.627. The van der Waals surface area contributed by atoms with Gasteiger partial charge < -0.3 is 5.32 Å². The molecule has 2 heterocycles. The SMILES string of the molecule is CC(C)c1ccc(-c2cnc3sc(NCc4ccc(F)cc4)nn23)cc1. The molecule has 0 saturated carbocycles. The summed E-state index contributed by atoms with van der Waals surface area (Å²) >= 11 is 1.50. The maximum absolute atomic E-state index is 13.0. The van der Waals surface area contributed by atoms with Crippen LogP contribution in [0.1, 0.15) is 30.9 Å². The number of aromatic nitrogens is 3. The highest BCUT2D eigenvalue weighted by atomic mass is 32.1. The topological polar surface area (TPSA) is 42.2 Å². The van der Waals surface area contributed by atoms with Gasteiger partial charge in [-0.15, -0.1) is 5.10 Å². The first kappa shape index (κ1) is 16.7. The first-order valence-electron chi connectivity index (χ1n) is 8.53. The number of nitrogens with one attached hydrogen (secondary N) is 1. The van der Waals surface area contributed by atoms with Gasteiger partial charge in [0, 0.05) is 12.1 Å². The van der Waals surface area contributed by atoms with Gasteiger partial charge in [-0.3, -0.25) is 0 Å². The van der Waals surface area contributed by atoms with Crippen molar-refractivity contribution in [2.24, 2.45) is 0 Å². The van der Waals surface area contributed by atoms with E-state index in [1.807, 2.05) is 10.7 Å². The van der Waals surface area contributed by atoms with E-state index < -0.39 is 0 Å². The summed E-state index contributed by atoms with van der Waals surface area (Å²) < 4.78 is 14.8. The zero-order valence-electron chi connectivity index (χ0n) is 14.6. The Kier molecular flexibility index (Phi) is 4.42. The van der Waals surface area contributed by atoms with E-state index >= 15 is 0 Å². The van der Waals surface area contributed by atoms with Crippen LogP contribution in [0.4, 0.5) is 9.52 Å². The number of fused-ring (bicyclic) bond motifs is 1. The molecule has 0 bridgehead atoms.